The van der Waals surface area contributed by atoms with Gasteiger partial charge in [-0.2, -0.15) is 0 Å². The summed E-state index contributed by atoms with van der Waals surface area (Å²) in [6, 6.07) is 7.84. The van der Waals surface area contributed by atoms with E-state index in [1.54, 1.807) is 7.11 Å². The van der Waals surface area contributed by atoms with E-state index in [0.717, 1.165) is 29.1 Å². The average molecular weight is 287 g/mol. The highest BCUT2D eigenvalue weighted by atomic mass is 16.5. The molecule has 3 heteroatoms. The number of rotatable bonds is 6. The monoisotopic (exact) mass is 287 g/mol. The van der Waals surface area contributed by atoms with Gasteiger partial charge in [0.25, 0.3) is 0 Å². The van der Waals surface area contributed by atoms with Gasteiger partial charge in [0.1, 0.15) is 5.75 Å². The molecule has 2 saturated carbocycles. The number of carbonyl (C=O) groups is 1. The Morgan fingerprint density at radius 1 is 1.38 bits per heavy atom. The molecule has 4 unspecified atom stereocenters. The summed E-state index contributed by atoms with van der Waals surface area (Å²) in [5, 5.41) is 3.45. The van der Waals surface area contributed by atoms with Crippen molar-refractivity contribution in [3.05, 3.63) is 29.8 Å². The zero-order valence-electron chi connectivity index (χ0n) is 13.0. The highest BCUT2D eigenvalue weighted by Crippen LogP contribution is 2.49. The Balaban J connectivity index is 1.53. The first-order valence-electron chi connectivity index (χ1n) is 8.08. The van der Waals surface area contributed by atoms with Crippen LogP contribution in [0.3, 0.4) is 0 Å². The summed E-state index contributed by atoms with van der Waals surface area (Å²) in [4.78, 5) is 12.3. The van der Waals surface area contributed by atoms with Crippen LogP contribution < -0.4 is 10.1 Å². The molecule has 2 aliphatic rings. The average Bonchev–Trinajstić information content (AvgIpc) is 3.15. The van der Waals surface area contributed by atoms with Gasteiger partial charge in [-0.15, -0.1) is 0 Å². The van der Waals surface area contributed by atoms with Gasteiger partial charge in [0, 0.05) is 11.6 Å². The van der Waals surface area contributed by atoms with Crippen LogP contribution in [-0.4, -0.2) is 25.5 Å². The van der Waals surface area contributed by atoms with Gasteiger partial charge < -0.3 is 10.1 Å². The Morgan fingerprint density at radius 2 is 2.24 bits per heavy atom. The lowest BCUT2D eigenvalue weighted by atomic mass is 9.84. The van der Waals surface area contributed by atoms with Crippen molar-refractivity contribution >= 4 is 5.78 Å². The van der Waals surface area contributed by atoms with E-state index in [-0.39, 0.29) is 5.78 Å². The van der Waals surface area contributed by atoms with Crippen LogP contribution in [0.25, 0.3) is 0 Å². The molecule has 4 atom stereocenters. The van der Waals surface area contributed by atoms with Crippen LogP contribution in [0.2, 0.25) is 0 Å². The lowest BCUT2D eigenvalue weighted by Gasteiger charge is -2.28. The maximum atomic E-state index is 12.3. The normalized spacial score (nSPS) is 28.6. The topological polar surface area (TPSA) is 38.3 Å². The second kappa shape index (κ2) is 6.18. The van der Waals surface area contributed by atoms with Crippen LogP contribution in [-0.2, 0) is 0 Å². The Hall–Kier alpha value is -1.35. The highest BCUT2D eigenvalue weighted by molar-refractivity contribution is 5.97. The Bertz CT molecular complexity index is 514. The van der Waals surface area contributed by atoms with E-state index in [2.05, 4.69) is 12.2 Å². The van der Waals surface area contributed by atoms with Gasteiger partial charge in [-0.25, -0.2) is 0 Å². The van der Waals surface area contributed by atoms with E-state index in [0.29, 0.717) is 12.6 Å². The fourth-order valence-corrected chi connectivity index (χ4v) is 4.21. The summed E-state index contributed by atoms with van der Waals surface area (Å²) in [6.45, 7) is 2.66. The van der Waals surface area contributed by atoms with Crippen LogP contribution in [0.15, 0.2) is 24.3 Å². The SMILES string of the molecule is COc1cccc(C(=O)CNC(C)C2CC3CCC2C3)c1. The molecule has 1 aromatic carbocycles. The Labute approximate surface area is 127 Å². The Morgan fingerprint density at radius 3 is 2.90 bits per heavy atom. The molecule has 3 nitrogen and oxygen atoms in total. The summed E-state index contributed by atoms with van der Waals surface area (Å²) in [6.07, 6.45) is 5.59. The van der Waals surface area contributed by atoms with E-state index >= 15 is 0 Å². The molecule has 0 spiro atoms. The van der Waals surface area contributed by atoms with Crippen molar-refractivity contribution in [2.45, 2.75) is 38.6 Å². The predicted octanol–water partition coefficient (Wildman–Crippen LogP) is 3.29. The van der Waals surface area contributed by atoms with Gasteiger partial charge in [0.05, 0.1) is 13.7 Å². The maximum absolute atomic E-state index is 12.3. The molecule has 3 rings (SSSR count). The van der Waals surface area contributed by atoms with E-state index in [4.69, 9.17) is 4.74 Å². The number of methoxy groups -OCH3 is 1. The number of ether oxygens (including phenoxy) is 1. The standard InChI is InChI=1S/C18H25NO2/c1-12(17-9-13-6-7-14(17)8-13)19-11-18(20)15-4-3-5-16(10-15)21-2/h3-5,10,12-14,17,19H,6-9,11H2,1-2H3. The van der Waals surface area contributed by atoms with E-state index in [1.807, 2.05) is 24.3 Å². The molecule has 0 aliphatic heterocycles. The number of nitrogens with one attached hydrogen (secondary N) is 1. The van der Waals surface area contributed by atoms with Gasteiger partial charge in [0.2, 0.25) is 0 Å². The van der Waals surface area contributed by atoms with Gasteiger partial charge in [-0.3, -0.25) is 4.79 Å². The third-order valence-electron chi connectivity index (χ3n) is 5.41. The third-order valence-corrected chi connectivity index (χ3v) is 5.41. The fraction of sp³-hybridized carbons (Fsp3) is 0.611. The number of benzene rings is 1. The van der Waals surface area contributed by atoms with Crippen molar-refractivity contribution in [3.63, 3.8) is 0 Å². The second-order valence-corrected chi connectivity index (χ2v) is 6.66. The Kier molecular flexibility index (Phi) is 4.29. The fourth-order valence-electron chi connectivity index (χ4n) is 4.21. The van der Waals surface area contributed by atoms with Gasteiger partial charge >= 0.3 is 0 Å². The van der Waals surface area contributed by atoms with E-state index < -0.39 is 0 Å². The molecule has 1 N–H and O–H groups in total. The van der Waals surface area contributed by atoms with E-state index in [9.17, 15) is 4.79 Å². The first-order valence-corrected chi connectivity index (χ1v) is 8.08. The summed E-state index contributed by atoms with van der Waals surface area (Å²) in [5.41, 5.74) is 0.724. The molecule has 0 amide bonds. The number of hydrogen-bond acceptors (Lipinski definition) is 3. The smallest absolute Gasteiger partial charge is 0.176 e. The van der Waals surface area contributed by atoms with Crippen molar-refractivity contribution in [3.8, 4) is 5.75 Å². The first kappa shape index (κ1) is 14.6. The van der Waals surface area contributed by atoms with Crippen molar-refractivity contribution in [1.82, 2.24) is 5.32 Å². The number of fused-ring (bicyclic) bond motifs is 2. The van der Waals surface area contributed by atoms with Crippen LogP contribution in [0.4, 0.5) is 0 Å². The summed E-state index contributed by atoms with van der Waals surface area (Å²) < 4.78 is 5.17. The molecular weight excluding hydrogens is 262 g/mol. The van der Waals surface area contributed by atoms with Crippen LogP contribution in [0.5, 0.6) is 5.75 Å². The largest absolute Gasteiger partial charge is 0.497 e. The highest BCUT2D eigenvalue weighted by Gasteiger charge is 2.41. The summed E-state index contributed by atoms with van der Waals surface area (Å²) >= 11 is 0. The van der Waals surface area contributed by atoms with Crippen LogP contribution in [0.1, 0.15) is 43.0 Å². The van der Waals surface area contributed by atoms with Gasteiger partial charge in [-0.05, 0) is 56.1 Å². The van der Waals surface area contributed by atoms with Gasteiger partial charge in [-0.1, -0.05) is 18.6 Å². The minimum Gasteiger partial charge on any atom is -0.497 e. The minimum absolute atomic E-state index is 0.143. The van der Waals surface area contributed by atoms with Crippen LogP contribution >= 0.6 is 0 Å². The first-order chi connectivity index (χ1) is 10.2. The van der Waals surface area contributed by atoms with Crippen molar-refractivity contribution in [2.24, 2.45) is 17.8 Å². The third kappa shape index (κ3) is 3.13. The molecule has 21 heavy (non-hydrogen) atoms. The molecule has 2 aliphatic carbocycles. The van der Waals surface area contributed by atoms with Crippen LogP contribution in [0, 0.1) is 17.8 Å². The summed E-state index contributed by atoms with van der Waals surface area (Å²) in [5.74, 6) is 3.50. The molecule has 2 fully saturated rings. The van der Waals surface area contributed by atoms with Crippen molar-refractivity contribution in [1.29, 1.82) is 0 Å². The molecule has 0 saturated heterocycles. The molecule has 2 bridgehead atoms. The summed E-state index contributed by atoms with van der Waals surface area (Å²) in [7, 11) is 1.62. The molecule has 0 radical (unpaired) electrons. The molecule has 1 aromatic rings. The second-order valence-electron chi connectivity index (χ2n) is 6.66. The lowest BCUT2D eigenvalue weighted by molar-refractivity contribution is 0.0981. The molecule has 0 heterocycles. The minimum atomic E-state index is 0.143. The van der Waals surface area contributed by atoms with Gasteiger partial charge in [0.15, 0.2) is 5.78 Å². The zero-order valence-corrected chi connectivity index (χ0v) is 13.0. The molecule has 114 valence electrons. The number of Topliss-reactive ketones (excluding diaryl/α,β-unsaturated/α-hetero) is 1. The zero-order chi connectivity index (χ0) is 14.8. The molecular formula is C18H25NO2. The lowest BCUT2D eigenvalue weighted by Crippen LogP contribution is -2.39. The maximum Gasteiger partial charge on any atom is 0.176 e. The molecule has 0 aromatic heterocycles. The number of hydrogen-bond donors (Lipinski definition) is 1. The number of ketones is 1. The van der Waals surface area contributed by atoms with Crippen molar-refractivity contribution in [2.75, 3.05) is 13.7 Å². The van der Waals surface area contributed by atoms with E-state index in [1.165, 1.54) is 25.7 Å². The van der Waals surface area contributed by atoms with Crippen molar-refractivity contribution < 1.29 is 9.53 Å². The quantitative estimate of drug-likeness (QED) is 0.816. The number of carbonyl (C=O) groups excluding carboxylic acids is 1. The predicted molar refractivity (Wildman–Crippen MR) is 83.7 cm³/mol.